The van der Waals surface area contributed by atoms with Crippen LogP contribution in [0.15, 0.2) is 9.67 Å². The van der Waals surface area contributed by atoms with Gasteiger partial charge in [-0.2, -0.15) is 0 Å². The summed E-state index contributed by atoms with van der Waals surface area (Å²) in [6.07, 6.45) is 27.8. The molecule has 0 aliphatic heterocycles. The second-order valence-electron chi connectivity index (χ2n) is 9.58. The molecule has 1 aliphatic carbocycles. The minimum atomic E-state index is -2.35. The third-order valence-corrected chi connectivity index (χ3v) is 22.3. The van der Waals surface area contributed by atoms with Gasteiger partial charge in [-0.05, 0) is 0 Å². The second-order valence-corrected chi connectivity index (χ2v) is 22.7. The van der Waals surface area contributed by atoms with Crippen molar-refractivity contribution in [3.63, 3.8) is 0 Å². The van der Waals surface area contributed by atoms with Gasteiger partial charge in [0.25, 0.3) is 0 Å². The van der Waals surface area contributed by atoms with Crippen LogP contribution < -0.4 is 0 Å². The van der Waals surface area contributed by atoms with Gasteiger partial charge in [-0.15, -0.1) is 0 Å². The van der Waals surface area contributed by atoms with Crippen molar-refractivity contribution in [3.8, 4) is 11.8 Å². The van der Waals surface area contributed by atoms with Crippen molar-refractivity contribution < 1.29 is 0 Å². The van der Waals surface area contributed by atoms with E-state index in [1.807, 2.05) is 0 Å². The molecule has 168 valence electrons. The Hall–Kier alpha value is 0.0987. The molecule has 0 radical (unpaired) electrons. The molecule has 1 heteroatoms. The maximum absolute atomic E-state index is 3.87. The van der Waals surface area contributed by atoms with Crippen molar-refractivity contribution >= 4 is 18.4 Å². The molecule has 0 aromatic carbocycles. The third kappa shape index (κ3) is 12.5. The van der Waals surface area contributed by atoms with Crippen LogP contribution in [0.2, 0.25) is 13.3 Å². The summed E-state index contributed by atoms with van der Waals surface area (Å²) in [4.78, 5) is 0. The van der Waals surface area contributed by atoms with E-state index in [9.17, 15) is 0 Å². The molecule has 0 atom stereocenters. The molecule has 0 aromatic rings. The summed E-state index contributed by atoms with van der Waals surface area (Å²) >= 11 is -2.35. The summed E-state index contributed by atoms with van der Waals surface area (Å²) in [5, 5.41) is 0. The van der Waals surface area contributed by atoms with Crippen LogP contribution >= 0.6 is 0 Å². The van der Waals surface area contributed by atoms with Gasteiger partial charge in [0.1, 0.15) is 0 Å². The molecule has 0 saturated heterocycles. The molecular formula is C28H52Sn. The van der Waals surface area contributed by atoms with Gasteiger partial charge in [-0.3, -0.25) is 0 Å². The van der Waals surface area contributed by atoms with Crippen LogP contribution in [-0.4, -0.2) is 18.4 Å². The van der Waals surface area contributed by atoms with Gasteiger partial charge in [0.15, 0.2) is 0 Å². The van der Waals surface area contributed by atoms with Gasteiger partial charge in [0.2, 0.25) is 0 Å². The monoisotopic (exact) mass is 508 g/mol. The molecule has 1 aliphatic rings. The Balaban J connectivity index is 3.02. The van der Waals surface area contributed by atoms with Gasteiger partial charge >= 0.3 is 190 Å². The van der Waals surface area contributed by atoms with Crippen LogP contribution in [0.5, 0.6) is 0 Å². The first kappa shape index (κ1) is 27.1. The van der Waals surface area contributed by atoms with Crippen LogP contribution in [0.3, 0.4) is 0 Å². The SMILES string of the molecule is CCC[CH2][Sn]([CH2]CCC)([CH2]CCC)/[C]1=C/CCCCCCCCCCCCC#C1. The van der Waals surface area contributed by atoms with Crippen molar-refractivity contribution in [2.45, 2.75) is 150 Å². The minimum absolute atomic E-state index is 1.13. The van der Waals surface area contributed by atoms with Crippen molar-refractivity contribution in [1.29, 1.82) is 0 Å². The number of unbranched alkanes of at least 4 members (excludes halogenated alkanes) is 3. The normalized spacial score (nSPS) is 19.8. The molecule has 0 aromatic heterocycles. The van der Waals surface area contributed by atoms with Crippen molar-refractivity contribution in [2.75, 3.05) is 0 Å². The summed E-state index contributed by atoms with van der Waals surface area (Å²) in [6, 6.07) is 0. The van der Waals surface area contributed by atoms with E-state index in [4.69, 9.17) is 0 Å². The van der Waals surface area contributed by atoms with Gasteiger partial charge in [0, 0.05) is 0 Å². The van der Waals surface area contributed by atoms with E-state index in [0.29, 0.717) is 0 Å². The number of allylic oxidation sites excluding steroid dienone is 2. The summed E-state index contributed by atoms with van der Waals surface area (Å²) in [5.74, 6) is 7.56. The average Bonchev–Trinajstić information content (AvgIpc) is 2.74. The number of hydrogen-bond acceptors (Lipinski definition) is 0. The maximum atomic E-state index is 3.87. The van der Waals surface area contributed by atoms with Crippen LogP contribution in [0.25, 0.3) is 0 Å². The first-order valence-electron chi connectivity index (χ1n) is 13.5. The van der Waals surface area contributed by atoms with Crippen LogP contribution in [0.4, 0.5) is 0 Å². The Bertz CT molecular complexity index is 443. The molecule has 0 bridgehead atoms. The fourth-order valence-electron chi connectivity index (χ4n) is 4.90. The Labute approximate surface area is 189 Å². The van der Waals surface area contributed by atoms with E-state index < -0.39 is 18.4 Å². The van der Waals surface area contributed by atoms with Crippen LogP contribution in [0.1, 0.15) is 136 Å². The molecule has 0 saturated carbocycles. The quantitative estimate of drug-likeness (QED) is 0.204. The van der Waals surface area contributed by atoms with E-state index in [0.717, 1.165) is 6.42 Å². The Morgan fingerprint density at radius 3 is 1.59 bits per heavy atom. The zero-order valence-electron chi connectivity index (χ0n) is 20.4. The third-order valence-electron chi connectivity index (χ3n) is 6.93. The standard InChI is InChI=1S/C16H25.3C4H9.Sn/c1-2-4-6-8-10-12-14-16-15-13-11-9-7-5-3-1;3*1-3-4-2;/h1H,2,4,6,8-16H2;3*1,3-4H2,2H3;. The molecule has 0 N–H and O–H groups in total. The molecule has 0 heterocycles. The van der Waals surface area contributed by atoms with Gasteiger partial charge in [-0.25, -0.2) is 0 Å². The second kappa shape index (κ2) is 18.8. The zero-order chi connectivity index (χ0) is 21.0. The first-order valence-corrected chi connectivity index (χ1v) is 21.0. The molecule has 0 spiro atoms. The summed E-state index contributed by atoms with van der Waals surface area (Å²) < 4.78 is 6.44. The Kier molecular flexibility index (Phi) is 17.6. The van der Waals surface area contributed by atoms with E-state index in [-0.39, 0.29) is 0 Å². The van der Waals surface area contributed by atoms with Crippen LogP contribution in [-0.2, 0) is 0 Å². The number of hydrogen-bond donors (Lipinski definition) is 0. The molecule has 1 rings (SSSR count). The molecule has 29 heavy (non-hydrogen) atoms. The fourth-order valence-corrected chi connectivity index (χ4v) is 20.8. The Morgan fingerprint density at radius 1 is 0.655 bits per heavy atom. The van der Waals surface area contributed by atoms with E-state index >= 15 is 0 Å². The summed E-state index contributed by atoms with van der Waals surface area (Å²) in [6.45, 7) is 7.15. The Morgan fingerprint density at radius 2 is 1.10 bits per heavy atom. The predicted octanol–water partition coefficient (Wildman–Crippen LogP) is 10.00. The summed E-state index contributed by atoms with van der Waals surface area (Å²) in [7, 11) is 0. The van der Waals surface area contributed by atoms with E-state index in [1.165, 1.54) is 109 Å². The van der Waals surface area contributed by atoms with Crippen molar-refractivity contribution in [2.24, 2.45) is 0 Å². The molecule has 0 fully saturated rings. The predicted molar refractivity (Wildman–Crippen MR) is 136 cm³/mol. The topological polar surface area (TPSA) is 0 Å². The van der Waals surface area contributed by atoms with E-state index in [2.05, 4.69) is 38.7 Å². The molecule has 0 unspecified atom stereocenters. The van der Waals surface area contributed by atoms with Gasteiger partial charge < -0.3 is 0 Å². The summed E-state index contributed by atoms with van der Waals surface area (Å²) in [5.41, 5.74) is 0. The van der Waals surface area contributed by atoms with Gasteiger partial charge in [0.05, 0.1) is 0 Å². The first-order chi connectivity index (χ1) is 14.3. The fraction of sp³-hybridized carbons (Fsp3) is 0.857. The molecule has 0 nitrogen and oxygen atoms in total. The van der Waals surface area contributed by atoms with Gasteiger partial charge in [-0.1, -0.05) is 0 Å². The van der Waals surface area contributed by atoms with Crippen molar-refractivity contribution in [1.82, 2.24) is 0 Å². The van der Waals surface area contributed by atoms with Crippen LogP contribution in [0, 0.1) is 11.8 Å². The molecular weight excluding hydrogens is 455 g/mol. The zero-order valence-corrected chi connectivity index (χ0v) is 23.3. The molecule has 0 amide bonds. The average molecular weight is 507 g/mol. The van der Waals surface area contributed by atoms with Crippen molar-refractivity contribution in [3.05, 3.63) is 9.67 Å². The van der Waals surface area contributed by atoms with E-state index in [1.54, 1.807) is 16.9 Å². The number of rotatable bonds is 10.